The number of ether oxygens (including phenoxy) is 1. The zero-order valence-electron chi connectivity index (χ0n) is 18.5. The standard InChI is InChI=1S/C24H28N6O3/c25-23(32)19-14-27-30-21(9-10-26-24(19)30)20-4-3-13-29(20)22(31)16-33-18-7-5-17(6-8-18)15-28-11-1-2-12-28/h5-10,14,20H,1-4,11-13,15-16H2,(H2,25,32)/t20-/m0/s1. The SMILES string of the molecule is NC(=O)c1cnn2c([C@@H]3CCCN3C(=O)COc3ccc(CN4CCCC4)cc3)ccnc12. The molecular weight excluding hydrogens is 420 g/mol. The summed E-state index contributed by atoms with van der Waals surface area (Å²) in [6.45, 7) is 3.91. The molecule has 4 heterocycles. The quantitative estimate of drug-likeness (QED) is 0.594. The molecule has 0 radical (unpaired) electrons. The summed E-state index contributed by atoms with van der Waals surface area (Å²) in [6.07, 6.45) is 7.29. The number of aromatic nitrogens is 3. The maximum absolute atomic E-state index is 13.0. The predicted molar refractivity (Wildman–Crippen MR) is 122 cm³/mol. The molecule has 2 amide bonds. The van der Waals surface area contributed by atoms with Crippen LogP contribution in [0.1, 0.15) is 53.3 Å². The van der Waals surface area contributed by atoms with E-state index < -0.39 is 5.91 Å². The molecule has 0 aliphatic carbocycles. The van der Waals surface area contributed by atoms with Gasteiger partial charge in [-0.3, -0.25) is 14.5 Å². The van der Waals surface area contributed by atoms with E-state index in [4.69, 9.17) is 10.5 Å². The molecule has 0 saturated carbocycles. The summed E-state index contributed by atoms with van der Waals surface area (Å²) in [7, 11) is 0. The van der Waals surface area contributed by atoms with E-state index in [-0.39, 0.29) is 24.1 Å². The Morgan fingerprint density at radius 2 is 1.85 bits per heavy atom. The Kier molecular flexibility index (Phi) is 5.95. The van der Waals surface area contributed by atoms with E-state index in [1.165, 1.54) is 24.6 Å². The predicted octanol–water partition coefficient (Wildman–Crippen LogP) is 2.17. The summed E-state index contributed by atoms with van der Waals surface area (Å²) in [5.74, 6) is 0.0356. The van der Waals surface area contributed by atoms with Gasteiger partial charge in [0.25, 0.3) is 11.8 Å². The van der Waals surface area contributed by atoms with Gasteiger partial charge < -0.3 is 15.4 Å². The third-order valence-corrected chi connectivity index (χ3v) is 6.50. The number of amides is 2. The van der Waals surface area contributed by atoms with Crippen LogP contribution in [0.4, 0.5) is 0 Å². The van der Waals surface area contributed by atoms with Gasteiger partial charge in [-0.2, -0.15) is 5.10 Å². The lowest BCUT2D eigenvalue weighted by Gasteiger charge is -2.25. The normalized spacial score (nSPS) is 18.8. The van der Waals surface area contributed by atoms with Crippen molar-refractivity contribution in [2.45, 2.75) is 38.3 Å². The zero-order valence-corrected chi connectivity index (χ0v) is 18.5. The first-order valence-corrected chi connectivity index (χ1v) is 11.5. The molecule has 5 rings (SSSR count). The van der Waals surface area contributed by atoms with E-state index in [9.17, 15) is 9.59 Å². The van der Waals surface area contributed by atoms with Crippen molar-refractivity contribution in [1.82, 2.24) is 24.4 Å². The van der Waals surface area contributed by atoms with Gasteiger partial charge in [-0.1, -0.05) is 12.1 Å². The molecule has 0 bridgehead atoms. The summed E-state index contributed by atoms with van der Waals surface area (Å²) in [5, 5.41) is 4.30. The molecule has 2 aromatic heterocycles. The van der Waals surface area contributed by atoms with Crippen LogP contribution in [0.15, 0.2) is 42.7 Å². The summed E-state index contributed by atoms with van der Waals surface area (Å²) >= 11 is 0. The number of fused-ring (bicyclic) bond motifs is 1. The fourth-order valence-corrected chi connectivity index (χ4v) is 4.83. The number of hydrogen-bond donors (Lipinski definition) is 1. The molecule has 2 aliphatic heterocycles. The van der Waals surface area contributed by atoms with Crippen molar-refractivity contribution in [2.75, 3.05) is 26.2 Å². The van der Waals surface area contributed by atoms with Crippen LogP contribution in [0.5, 0.6) is 5.75 Å². The molecule has 2 saturated heterocycles. The lowest BCUT2D eigenvalue weighted by Crippen LogP contribution is -2.35. The van der Waals surface area contributed by atoms with Crippen LogP contribution in [0, 0.1) is 0 Å². The number of likely N-dealkylation sites (tertiary alicyclic amines) is 2. The summed E-state index contributed by atoms with van der Waals surface area (Å²) in [5.41, 5.74) is 8.17. The van der Waals surface area contributed by atoms with Crippen LogP contribution >= 0.6 is 0 Å². The van der Waals surface area contributed by atoms with Crippen LogP contribution in [-0.2, 0) is 11.3 Å². The first-order valence-electron chi connectivity index (χ1n) is 11.5. The van der Waals surface area contributed by atoms with Gasteiger partial charge in [0, 0.05) is 19.3 Å². The molecule has 33 heavy (non-hydrogen) atoms. The summed E-state index contributed by atoms with van der Waals surface area (Å²) in [6, 6.07) is 9.68. The van der Waals surface area contributed by atoms with Crippen molar-refractivity contribution in [3.05, 3.63) is 59.5 Å². The fourth-order valence-electron chi connectivity index (χ4n) is 4.83. The molecule has 1 aromatic carbocycles. The minimum absolute atomic E-state index is 0.0260. The number of hydrogen-bond acceptors (Lipinski definition) is 6. The first-order chi connectivity index (χ1) is 16.1. The molecule has 0 spiro atoms. The van der Waals surface area contributed by atoms with Crippen molar-refractivity contribution in [3.63, 3.8) is 0 Å². The second kappa shape index (κ2) is 9.19. The highest BCUT2D eigenvalue weighted by Gasteiger charge is 2.32. The van der Waals surface area contributed by atoms with Crippen LogP contribution in [0.25, 0.3) is 5.65 Å². The van der Waals surface area contributed by atoms with Crippen LogP contribution in [0.3, 0.4) is 0 Å². The molecule has 1 atom stereocenters. The van der Waals surface area contributed by atoms with Crippen molar-refractivity contribution < 1.29 is 14.3 Å². The van der Waals surface area contributed by atoms with Gasteiger partial charge >= 0.3 is 0 Å². The Balaban J connectivity index is 1.24. The molecule has 0 unspecified atom stereocenters. The highest BCUT2D eigenvalue weighted by molar-refractivity contribution is 5.98. The number of rotatable bonds is 7. The Labute approximate surface area is 192 Å². The van der Waals surface area contributed by atoms with Gasteiger partial charge in [-0.15, -0.1) is 0 Å². The Hall–Kier alpha value is -3.46. The third-order valence-electron chi connectivity index (χ3n) is 6.50. The van der Waals surface area contributed by atoms with E-state index >= 15 is 0 Å². The molecule has 2 fully saturated rings. The average molecular weight is 449 g/mol. The smallest absolute Gasteiger partial charge is 0.261 e. The summed E-state index contributed by atoms with van der Waals surface area (Å²) < 4.78 is 7.42. The third kappa shape index (κ3) is 4.41. The molecule has 2 N–H and O–H groups in total. The Morgan fingerprint density at radius 3 is 2.61 bits per heavy atom. The van der Waals surface area contributed by atoms with Gasteiger partial charge in [0.1, 0.15) is 11.3 Å². The van der Waals surface area contributed by atoms with Crippen LogP contribution < -0.4 is 10.5 Å². The second-order valence-corrected chi connectivity index (χ2v) is 8.69. The molecule has 3 aromatic rings. The van der Waals surface area contributed by atoms with Gasteiger partial charge in [-0.25, -0.2) is 9.50 Å². The number of carbonyl (C=O) groups excluding carboxylic acids is 2. The zero-order chi connectivity index (χ0) is 22.8. The van der Waals surface area contributed by atoms with Crippen molar-refractivity contribution in [1.29, 1.82) is 0 Å². The highest BCUT2D eigenvalue weighted by atomic mass is 16.5. The monoisotopic (exact) mass is 448 g/mol. The second-order valence-electron chi connectivity index (χ2n) is 8.69. The van der Waals surface area contributed by atoms with E-state index in [2.05, 4.69) is 27.1 Å². The van der Waals surface area contributed by atoms with E-state index in [0.717, 1.165) is 38.2 Å². The fraction of sp³-hybridized carbons (Fsp3) is 0.417. The highest BCUT2D eigenvalue weighted by Crippen LogP contribution is 2.32. The van der Waals surface area contributed by atoms with E-state index in [0.29, 0.717) is 17.9 Å². The van der Waals surface area contributed by atoms with Gasteiger partial charge in [0.05, 0.1) is 17.9 Å². The molecule has 9 nitrogen and oxygen atoms in total. The van der Waals surface area contributed by atoms with Crippen molar-refractivity contribution in [3.8, 4) is 5.75 Å². The first kappa shape index (κ1) is 21.4. The van der Waals surface area contributed by atoms with Crippen molar-refractivity contribution in [2.24, 2.45) is 5.73 Å². The van der Waals surface area contributed by atoms with Gasteiger partial charge in [0.2, 0.25) is 0 Å². The Morgan fingerprint density at radius 1 is 1.06 bits per heavy atom. The number of nitrogens with two attached hydrogens (primary N) is 1. The number of primary amides is 1. The maximum atomic E-state index is 13.0. The minimum atomic E-state index is -0.575. The largest absolute Gasteiger partial charge is 0.484 e. The number of benzene rings is 1. The van der Waals surface area contributed by atoms with E-state index in [1.807, 2.05) is 23.1 Å². The maximum Gasteiger partial charge on any atom is 0.261 e. The lowest BCUT2D eigenvalue weighted by atomic mass is 10.1. The van der Waals surface area contributed by atoms with Crippen LogP contribution in [-0.4, -0.2) is 62.5 Å². The Bertz CT molecular complexity index is 1150. The van der Waals surface area contributed by atoms with Crippen molar-refractivity contribution >= 4 is 17.5 Å². The minimum Gasteiger partial charge on any atom is -0.484 e. The lowest BCUT2D eigenvalue weighted by molar-refractivity contribution is -0.134. The molecule has 2 aliphatic rings. The van der Waals surface area contributed by atoms with Crippen LogP contribution in [0.2, 0.25) is 0 Å². The number of nitrogens with zero attached hydrogens (tertiary/aromatic N) is 5. The molecule has 172 valence electrons. The summed E-state index contributed by atoms with van der Waals surface area (Å²) in [4.78, 5) is 33.2. The molecule has 9 heteroatoms. The average Bonchev–Trinajstić information content (AvgIpc) is 3.58. The topological polar surface area (TPSA) is 106 Å². The van der Waals surface area contributed by atoms with E-state index in [1.54, 1.807) is 10.7 Å². The number of carbonyl (C=O) groups is 2. The van der Waals surface area contributed by atoms with Gasteiger partial charge in [0.15, 0.2) is 12.3 Å². The molecular formula is C24H28N6O3. The van der Waals surface area contributed by atoms with Gasteiger partial charge in [-0.05, 0) is 62.5 Å².